The van der Waals surface area contributed by atoms with Crippen LogP contribution in [0.25, 0.3) is 5.52 Å². The van der Waals surface area contributed by atoms with Crippen molar-refractivity contribution in [2.75, 3.05) is 12.3 Å². The van der Waals surface area contributed by atoms with Gasteiger partial charge in [-0.1, -0.05) is 18.2 Å². The van der Waals surface area contributed by atoms with E-state index in [-0.39, 0.29) is 18.8 Å². The lowest BCUT2D eigenvalue weighted by Gasteiger charge is -2.11. The Kier molecular flexibility index (Phi) is 4.79. The van der Waals surface area contributed by atoms with Crippen LogP contribution in [0, 0.1) is 0 Å². The molecule has 3 heterocycles. The predicted octanol–water partition coefficient (Wildman–Crippen LogP) is 3.28. The van der Waals surface area contributed by atoms with Gasteiger partial charge in [0.25, 0.3) is 0 Å². The zero-order chi connectivity index (χ0) is 17.9. The number of ether oxygens (including phenoxy) is 1. The molecule has 3 aromatic rings. The summed E-state index contributed by atoms with van der Waals surface area (Å²) in [5.41, 5.74) is 7.53. The molecule has 4 rings (SSSR count). The number of anilines is 1. The van der Waals surface area contributed by atoms with E-state index in [4.69, 9.17) is 19.5 Å². The SMILES string of the molecule is Nc1ncnn2c(C3CCC(CO[P+](=O)Oc4ccccc4)O3)ccc12. The van der Waals surface area contributed by atoms with Crippen LogP contribution in [0.1, 0.15) is 24.6 Å². The van der Waals surface area contributed by atoms with Gasteiger partial charge in [-0.15, -0.1) is 4.52 Å². The van der Waals surface area contributed by atoms with Crippen molar-refractivity contribution in [3.8, 4) is 5.75 Å². The first-order chi connectivity index (χ1) is 12.7. The highest BCUT2D eigenvalue weighted by atomic mass is 31.1. The molecule has 26 heavy (non-hydrogen) atoms. The van der Waals surface area contributed by atoms with E-state index in [2.05, 4.69) is 10.1 Å². The van der Waals surface area contributed by atoms with Gasteiger partial charge < -0.3 is 10.5 Å². The topological polar surface area (TPSA) is 101 Å². The Hall–Kier alpha value is -2.54. The number of para-hydroxylation sites is 1. The second kappa shape index (κ2) is 7.37. The average Bonchev–Trinajstić information content (AvgIpc) is 3.28. The summed E-state index contributed by atoms with van der Waals surface area (Å²) in [5.74, 6) is 0.940. The molecule has 3 unspecified atom stereocenters. The summed E-state index contributed by atoms with van der Waals surface area (Å²) in [6, 6.07) is 12.7. The first-order valence-electron chi connectivity index (χ1n) is 8.27. The van der Waals surface area contributed by atoms with Gasteiger partial charge in [0.05, 0.1) is 11.8 Å². The van der Waals surface area contributed by atoms with E-state index in [1.165, 1.54) is 6.33 Å². The minimum absolute atomic E-state index is 0.117. The van der Waals surface area contributed by atoms with Crippen LogP contribution in [-0.4, -0.2) is 27.3 Å². The Morgan fingerprint density at radius 3 is 2.92 bits per heavy atom. The van der Waals surface area contributed by atoms with Gasteiger partial charge >= 0.3 is 8.25 Å². The van der Waals surface area contributed by atoms with Gasteiger partial charge in [-0.3, -0.25) is 0 Å². The molecule has 2 aromatic heterocycles. The summed E-state index contributed by atoms with van der Waals surface area (Å²) in [6.45, 7) is 0.207. The molecule has 1 aromatic carbocycles. The Balaban J connectivity index is 1.33. The normalized spacial score (nSPS) is 20.4. The number of fused-ring (bicyclic) bond motifs is 1. The van der Waals surface area contributed by atoms with Crippen molar-refractivity contribution in [2.45, 2.75) is 25.0 Å². The van der Waals surface area contributed by atoms with Gasteiger partial charge in [0.1, 0.15) is 24.6 Å². The average molecular weight is 373 g/mol. The van der Waals surface area contributed by atoms with Gasteiger partial charge in [0.2, 0.25) is 0 Å². The third-order valence-corrected chi connectivity index (χ3v) is 4.96. The first-order valence-corrected chi connectivity index (χ1v) is 9.37. The van der Waals surface area contributed by atoms with Crippen LogP contribution in [0.3, 0.4) is 0 Å². The van der Waals surface area contributed by atoms with E-state index in [0.29, 0.717) is 11.6 Å². The molecule has 3 atom stereocenters. The van der Waals surface area contributed by atoms with Gasteiger partial charge in [-0.25, -0.2) is 14.0 Å². The molecule has 1 aliphatic heterocycles. The van der Waals surface area contributed by atoms with Crippen LogP contribution in [0.2, 0.25) is 0 Å². The highest BCUT2D eigenvalue weighted by Crippen LogP contribution is 2.35. The highest BCUT2D eigenvalue weighted by molar-refractivity contribution is 7.33. The predicted molar refractivity (Wildman–Crippen MR) is 94.9 cm³/mol. The van der Waals surface area contributed by atoms with Crippen LogP contribution in [0.15, 0.2) is 48.8 Å². The van der Waals surface area contributed by atoms with Crippen LogP contribution in [0.5, 0.6) is 5.75 Å². The molecule has 0 aliphatic carbocycles. The molecule has 1 fully saturated rings. The quantitative estimate of drug-likeness (QED) is 0.662. The number of nitrogens with zero attached hydrogens (tertiary/aromatic N) is 3. The zero-order valence-corrected chi connectivity index (χ0v) is 14.8. The molecule has 1 aliphatic rings. The number of nitrogen functional groups attached to an aromatic ring is 1. The summed E-state index contributed by atoms with van der Waals surface area (Å²) in [4.78, 5) is 3.98. The monoisotopic (exact) mass is 373 g/mol. The van der Waals surface area contributed by atoms with Gasteiger partial charge in [-0.2, -0.15) is 5.10 Å². The van der Waals surface area contributed by atoms with Crippen molar-refractivity contribution in [1.29, 1.82) is 0 Å². The summed E-state index contributed by atoms with van der Waals surface area (Å²) < 4.78 is 30.2. The number of hydrogen-bond acceptors (Lipinski definition) is 7. The molecule has 0 radical (unpaired) electrons. The molecule has 1 saturated heterocycles. The Bertz CT molecular complexity index is 918. The molecular formula is C17H18N4O4P+. The number of rotatable bonds is 6. The number of nitrogens with two attached hydrogens (primary N) is 1. The maximum Gasteiger partial charge on any atom is 0.750 e. The molecule has 134 valence electrons. The maximum atomic E-state index is 11.9. The smallest absolute Gasteiger partial charge is 0.382 e. The number of aromatic nitrogens is 3. The second-order valence-corrected chi connectivity index (χ2v) is 6.84. The zero-order valence-electron chi connectivity index (χ0n) is 13.9. The molecule has 0 amide bonds. The molecule has 0 spiro atoms. The Labute approximate surface area is 150 Å². The minimum Gasteiger partial charge on any atom is -0.382 e. The van der Waals surface area contributed by atoms with Crippen molar-refractivity contribution < 1.29 is 18.3 Å². The fraction of sp³-hybridized carbons (Fsp3) is 0.294. The van der Waals surface area contributed by atoms with Crippen molar-refractivity contribution in [3.05, 3.63) is 54.5 Å². The lowest BCUT2D eigenvalue weighted by Crippen LogP contribution is -2.14. The number of hydrogen-bond donors (Lipinski definition) is 1. The van der Waals surface area contributed by atoms with Crippen molar-refractivity contribution in [2.24, 2.45) is 0 Å². The van der Waals surface area contributed by atoms with Crippen molar-refractivity contribution >= 4 is 19.6 Å². The summed E-state index contributed by atoms with van der Waals surface area (Å²) in [6.07, 6.45) is 2.77. The third-order valence-electron chi connectivity index (χ3n) is 4.24. The van der Waals surface area contributed by atoms with Crippen molar-refractivity contribution in [3.63, 3.8) is 0 Å². The summed E-state index contributed by atoms with van der Waals surface area (Å²) >= 11 is 0. The lowest BCUT2D eigenvalue weighted by molar-refractivity contribution is 0.0144. The molecular weight excluding hydrogens is 355 g/mol. The summed E-state index contributed by atoms with van der Waals surface area (Å²) in [7, 11) is -2.24. The standard InChI is InChI=1S/C17H18N4O4P/c18-17-15-8-7-14(21(15)20-11-19-17)16-9-6-13(24-16)10-23-26(22)25-12-4-2-1-3-5-12/h1-5,7-8,11,13,16H,6,9-10H2,(H2,18,19,20)/q+1. The Morgan fingerprint density at radius 1 is 1.23 bits per heavy atom. The Morgan fingerprint density at radius 2 is 2.08 bits per heavy atom. The fourth-order valence-corrected chi connectivity index (χ4v) is 3.64. The first kappa shape index (κ1) is 16.9. The summed E-state index contributed by atoms with van der Waals surface area (Å²) in [5, 5.41) is 4.24. The van der Waals surface area contributed by atoms with Crippen LogP contribution >= 0.6 is 8.25 Å². The van der Waals surface area contributed by atoms with E-state index >= 15 is 0 Å². The molecule has 0 bridgehead atoms. The van der Waals surface area contributed by atoms with Crippen LogP contribution in [-0.2, 0) is 13.8 Å². The largest absolute Gasteiger partial charge is 0.750 e. The maximum absolute atomic E-state index is 11.9. The lowest BCUT2D eigenvalue weighted by atomic mass is 10.1. The molecule has 9 heteroatoms. The molecule has 2 N–H and O–H groups in total. The van der Waals surface area contributed by atoms with E-state index in [1.807, 2.05) is 18.2 Å². The van der Waals surface area contributed by atoms with E-state index in [0.717, 1.165) is 24.1 Å². The minimum atomic E-state index is -2.24. The number of benzene rings is 1. The van der Waals surface area contributed by atoms with Crippen LogP contribution in [0.4, 0.5) is 5.82 Å². The van der Waals surface area contributed by atoms with Crippen LogP contribution < -0.4 is 10.3 Å². The second-order valence-electron chi connectivity index (χ2n) is 5.95. The van der Waals surface area contributed by atoms with Gasteiger partial charge in [0, 0.05) is 4.57 Å². The molecule has 8 nitrogen and oxygen atoms in total. The van der Waals surface area contributed by atoms with Crippen molar-refractivity contribution in [1.82, 2.24) is 14.6 Å². The van der Waals surface area contributed by atoms with Gasteiger partial charge in [0.15, 0.2) is 11.6 Å². The third kappa shape index (κ3) is 3.53. The van der Waals surface area contributed by atoms with Gasteiger partial charge in [-0.05, 0) is 37.1 Å². The molecule has 0 saturated carbocycles. The fourth-order valence-electron chi connectivity index (χ4n) is 3.00. The highest BCUT2D eigenvalue weighted by Gasteiger charge is 2.32. The van der Waals surface area contributed by atoms with E-state index in [1.54, 1.807) is 28.8 Å². The van der Waals surface area contributed by atoms with E-state index in [9.17, 15) is 4.57 Å². The van der Waals surface area contributed by atoms with E-state index < -0.39 is 8.25 Å².